The Bertz CT molecular complexity index is 3520. The van der Waals surface area contributed by atoms with E-state index in [9.17, 15) is 0 Å². The van der Waals surface area contributed by atoms with Gasteiger partial charge in [-0.15, -0.1) is 11.3 Å². The van der Waals surface area contributed by atoms with Crippen molar-refractivity contribution in [1.29, 1.82) is 0 Å². The molecule has 0 fully saturated rings. The van der Waals surface area contributed by atoms with Crippen LogP contribution >= 0.6 is 11.3 Å². The number of nitrogens with zero attached hydrogens (tertiary/aromatic N) is 3. The van der Waals surface area contributed by atoms with Gasteiger partial charge in [0.2, 0.25) is 0 Å². The molecule has 3 heterocycles. The van der Waals surface area contributed by atoms with Gasteiger partial charge in [0.25, 0.3) is 0 Å². The molecule has 0 aliphatic rings. The number of benzene rings is 9. The molecule has 0 aliphatic carbocycles. The molecule has 0 radical (unpaired) electrons. The van der Waals surface area contributed by atoms with Gasteiger partial charge in [0.05, 0.1) is 22.4 Å². The Labute approximate surface area is 338 Å². The van der Waals surface area contributed by atoms with Gasteiger partial charge >= 0.3 is 0 Å². The number of para-hydroxylation sites is 2. The minimum Gasteiger partial charge on any atom is -0.309 e. The van der Waals surface area contributed by atoms with E-state index in [1.165, 1.54) is 58.1 Å². The highest BCUT2D eigenvalue weighted by molar-refractivity contribution is 7.26. The quantitative estimate of drug-likeness (QED) is 0.164. The van der Waals surface area contributed by atoms with E-state index >= 15 is 0 Å². The van der Waals surface area contributed by atoms with E-state index in [1.54, 1.807) is 0 Å². The van der Waals surface area contributed by atoms with Crippen molar-refractivity contribution in [3.05, 3.63) is 200 Å². The summed E-state index contributed by atoms with van der Waals surface area (Å²) < 4.78 is 4.91. The molecule has 0 bridgehead atoms. The van der Waals surface area contributed by atoms with E-state index in [0.717, 1.165) is 50.4 Å². The fraction of sp³-hybridized carbons (Fsp3) is 0. The van der Waals surface area contributed by atoms with Crippen LogP contribution in [0.2, 0.25) is 0 Å². The average Bonchev–Trinajstić information content (AvgIpc) is 3.85. The third-order valence-corrected chi connectivity index (χ3v) is 12.8. The molecule has 0 amide bonds. The number of hydrogen-bond acceptors (Lipinski definition) is 3. The van der Waals surface area contributed by atoms with E-state index in [2.05, 4.69) is 205 Å². The van der Waals surface area contributed by atoms with Crippen molar-refractivity contribution in [1.82, 2.24) is 14.5 Å². The van der Waals surface area contributed by atoms with Gasteiger partial charge in [-0.3, -0.25) is 0 Å². The first-order valence-corrected chi connectivity index (χ1v) is 20.5. The van der Waals surface area contributed by atoms with Crippen molar-refractivity contribution in [3.8, 4) is 50.7 Å². The second-order valence-electron chi connectivity index (χ2n) is 14.9. The lowest BCUT2D eigenvalue weighted by atomic mass is 9.92. The van der Waals surface area contributed by atoms with Gasteiger partial charge in [0.15, 0.2) is 5.82 Å². The van der Waals surface area contributed by atoms with Crippen LogP contribution in [-0.2, 0) is 0 Å². The molecule has 12 aromatic rings. The van der Waals surface area contributed by atoms with Crippen LogP contribution in [0.15, 0.2) is 200 Å². The fourth-order valence-corrected chi connectivity index (χ4v) is 10.2. The summed E-state index contributed by atoms with van der Waals surface area (Å²) in [5, 5.41) is 9.87. The molecule has 270 valence electrons. The molecule has 4 heteroatoms. The molecule has 0 spiro atoms. The monoisotopic (exact) mass is 755 g/mol. The summed E-state index contributed by atoms with van der Waals surface area (Å²) in [6.07, 6.45) is 0. The molecule has 0 unspecified atom stereocenters. The zero-order valence-electron chi connectivity index (χ0n) is 31.3. The summed E-state index contributed by atoms with van der Waals surface area (Å²) >= 11 is 1.83. The third-order valence-electron chi connectivity index (χ3n) is 11.6. The highest BCUT2D eigenvalue weighted by Gasteiger charge is 2.19. The summed E-state index contributed by atoms with van der Waals surface area (Å²) in [7, 11) is 0. The summed E-state index contributed by atoms with van der Waals surface area (Å²) in [6.45, 7) is 0. The lowest BCUT2D eigenvalue weighted by Crippen LogP contribution is -1.99. The summed E-state index contributed by atoms with van der Waals surface area (Å²) in [4.78, 5) is 10.9. The van der Waals surface area contributed by atoms with Gasteiger partial charge in [0.1, 0.15) is 0 Å². The largest absolute Gasteiger partial charge is 0.309 e. The molecule has 0 saturated heterocycles. The zero-order valence-corrected chi connectivity index (χ0v) is 32.1. The summed E-state index contributed by atoms with van der Waals surface area (Å²) in [6, 6.07) is 72.1. The number of rotatable bonds is 5. The van der Waals surface area contributed by atoms with Gasteiger partial charge in [0, 0.05) is 53.3 Å². The summed E-state index contributed by atoms with van der Waals surface area (Å²) in [5.41, 5.74) is 10.6. The maximum Gasteiger partial charge on any atom is 0.160 e. The highest BCUT2D eigenvalue weighted by atomic mass is 32.1. The van der Waals surface area contributed by atoms with E-state index in [-0.39, 0.29) is 0 Å². The second-order valence-corrected chi connectivity index (χ2v) is 16.0. The Morgan fingerprint density at radius 2 is 0.966 bits per heavy atom. The van der Waals surface area contributed by atoms with E-state index in [4.69, 9.17) is 9.97 Å². The van der Waals surface area contributed by atoms with Crippen molar-refractivity contribution in [3.63, 3.8) is 0 Å². The average molecular weight is 756 g/mol. The van der Waals surface area contributed by atoms with E-state index < -0.39 is 0 Å². The molecule has 0 saturated carbocycles. The van der Waals surface area contributed by atoms with Crippen molar-refractivity contribution < 1.29 is 0 Å². The lowest BCUT2D eigenvalue weighted by Gasteiger charge is -2.16. The maximum absolute atomic E-state index is 5.50. The Morgan fingerprint density at radius 3 is 1.76 bits per heavy atom. The van der Waals surface area contributed by atoms with Gasteiger partial charge in [-0.25, -0.2) is 9.97 Å². The first-order chi connectivity index (χ1) is 28.7. The fourth-order valence-electron chi connectivity index (χ4n) is 8.94. The third kappa shape index (κ3) is 5.19. The van der Waals surface area contributed by atoms with Crippen LogP contribution < -0.4 is 0 Å². The second kappa shape index (κ2) is 13.1. The van der Waals surface area contributed by atoms with E-state index in [1.807, 2.05) is 11.3 Å². The van der Waals surface area contributed by atoms with Crippen molar-refractivity contribution >= 4 is 74.9 Å². The first-order valence-electron chi connectivity index (χ1n) is 19.7. The highest BCUT2D eigenvalue weighted by Crippen LogP contribution is 2.42. The molecule has 0 N–H and O–H groups in total. The van der Waals surface area contributed by atoms with Crippen LogP contribution in [0, 0.1) is 0 Å². The van der Waals surface area contributed by atoms with Crippen molar-refractivity contribution in [2.24, 2.45) is 0 Å². The minimum absolute atomic E-state index is 0.684. The van der Waals surface area contributed by atoms with Gasteiger partial charge in [-0.1, -0.05) is 152 Å². The van der Waals surface area contributed by atoms with Crippen LogP contribution in [-0.4, -0.2) is 14.5 Å². The maximum atomic E-state index is 5.50. The predicted octanol–water partition coefficient (Wildman–Crippen LogP) is 14.9. The van der Waals surface area contributed by atoms with Gasteiger partial charge < -0.3 is 4.57 Å². The summed E-state index contributed by atoms with van der Waals surface area (Å²) in [5.74, 6) is 0.684. The normalized spacial score (nSPS) is 11.8. The molecule has 9 aromatic carbocycles. The molecular formula is C54H33N3S. The van der Waals surface area contributed by atoms with Gasteiger partial charge in [-0.2, -0.15) is 0 Å². The van der Waals surface area contributed by atoms with Crippen molar-refractivity contribution in [2.45, 2.75) is 0 Å². The molecular weight excluding hydrogens is 723 g/mol. The Balaban J connectivity index is 1.17. The number of aromatic nitrogens is 3. The lowest BCUT2D eigenvalue weighted by molar-refractivity contribution is 1.16. The van der Waals surface area contributed by atoms with Crippen LogP contribution in [0.1, 0.15) is 0 Å². The number of hydrogen-bond donors (Lipinski definition) is 0. The molecule has 3 nitrogen and oxygen atoms in total. The Kier molecular flexibility index (Phi) is 7.40. The topological polar surface area (TPSA) is 30.7 Å². The Hall–Kier alpha value is -7.40. The van der Waals surface area contributed by atoms with Crippen LogP contribution in [0.5, 0.6) is 0 Å². The minimum atomic E-state index is 0.684. The molecule has 3 aromatic heterocycles. The van der Waals surface area contributed by atoms with Crippen molar-refractivity contribution in [2.75, 3.05) is 0 Å². The molecule has 0 atom stereocenters. The first kappa shape index (κ1) is 32.8. The van der Waals surface area contributed by atoms with Gasteiger partial charge in [-0.05, 0) is 81.2 Å². The van der Waals surface area contributed by atoms with Crippen LogP contribution in [0.25, 0.3) is 114 Å². The van der Waals surface area contributed by atoms with E-state index in [0.29, 0.717) is 5.82 Å². The molecule has 58 heavy (non-hydrogen) atoms. The van der Waals surface area contributed by atoms with Crippen LogP contribution in [0.3, 0.4) is 0 Å². The zero-order chi connectivity index (χ0) is 38.2. The standard InChI is InChI=1S/C54H33N3S/c1-2-15-34(16-3-1)48-33-49(46-25-14-24-45-44-23-10-13-28-52(44)58-53(45)46)56-54(55-48)37-29-36(47-32-35-17-4-5-18-39(35)40-19-6-7-20-41(40)47)30-38(31-37)57-50-26-11-8-21-42(50)43-22-9-12-27-51(43)57/h1-33H. The Morgan fingerprint density at radius 1 is 0.362 bits per heavy atom. The van der Waals surface area contributed by atoms with Crippen LogP contribution in [0.4, 0.5) is 0 Å². The SMILES string of the molecule is c1ccc(-c2cc(-c3cccc4c3sc3ccccc34)nc(-c3cc(-c4cc5ccccc5c5ccccc45)cc(-n4c5ccccc5c5ccccc54)c3)n2)cc1. The molecule has 12 rings (SSSR count). The number of fused-ring (bicyclic) bond motifs is 9. The molecule has 0 aliphatic heterocycles. The smallest absolute Gasteiger partial charge is 0.160 e. The number of thiophene rings is 1. The predicted molar refractivity (Wildman–Crippen MR) is 246 cm³/mol.